The highest BCUT2D eigenvalue weighted by Crippen LogP contribution is 2.27. The summed E-state index contributed by atoms with van der Waals surface area (Å²) in [5.74, 6) is 2.18. The molecular weight excluding hydrogens is 220 g/mol. The third-order valence-electron chi connectivity index (χ3n) is 3.98. The molecule has 0 aliphatic carbocycles. The van der Waals surface area contributed by atoms with Gasteiger partial charge in [0.05, 0.1) is 6.10 Å². The van der Waals surface area contributed by atoms with Gasteiger partial charge in [0, 0.05) is 5.56 Å². The quantitative estimate of drug-likeness (QED) is 0.679. The molecule has 0 bridgehead atoms. The van der Waals surface area contributed by atoms with Gasteiger partial charge in [-0.05, 0) is 37.3 Å². The van der Waals surface area contributed by atoms with Gasteiger partial charge in [-0.15, -0.1) is 0 Å². The van der Waals surface area contributed by atoms with E-state index in [1.165, 1.54) is 12.0 Å². The first-order valence-electron chi connectivity index (χ1n) is 6.89. The van der Waals surface area contributed by atoms with Gasteiger partial charge in [-0.3, -0.25) is 0 Å². The molecule has 0 saturated carbocycles. The Morgan fingerprint density at radius 3 is 2.50 bits per heavy atom. The van der Waals surface area contributed by atoms with Crippen LogP contribution >= 0.6 is 0 Å². The lowest BCUT2D eigenvalue weighted by Gasteiger charge is -2.27. The number of hydrogen-bond donors (Lipinski definition) is 0. The molecule has 0 spiro atoms. The number of hydrogen-bond acceptors (Lipinski definition) is 1. The van der Waals surface area contributed by atoms with E-state index in [4.69, 9.17) is 4.74 Å². The number of aryl methyl sites for hydroxylation is 1. The second-order valence-electron chi connectivity index (χ2n) is 5.31. The van der Waals surface area contributed by atoms with Crippen molar-refractivity contribution in [1.82, 2.24) is 0 Å². The molecule has 1 nitrogen and oxygen atoms in total. The minimum absolute atomic E-state index is 0.223. The van der Waals surface area contributed by atoms with Gasteiger partial charge in [0.15, 0.2) is 0 Å². The monoisotopic (exact) mass is 246 g/mol. The van der Waals surface area contributed by atoms with E-state index < -0.39 is 0 Å². The Balaban J connectivity index is 2.83. The molecule has 0 amide bonds. The molecule has 1 aromatic carbocycles. The van der Waals surface area contributed by atoms with Crippen molar-refractivity contribution in [3.8, 4) is 5.75 Å². The van der Waals surface area contributed by atoms with Crippen molar-refractivity contribution in [2.24, 2.45) is 11.8 Å². The maximum absolute atomic E-state index is 6.13. The molecule has 18 heavy (non-hydrogen) atoms. The van der Waals surface area contributed by atoms with Crippen LogP contribution < -0.4 is 4.74 Å². The average Bonchev–Trinajstić information content (AvgIpc) is 2.37. The highest BCUT2D eigenvalue weighted by atomic mass is 16.5. The van der Waals surface area contributed by atoms with Crippen molar-refractivity contribution >= 4 is 6.08 Å². The highest BCUT2D eigenvalue weighted by molar-refractivity contribution is 5.56. The zero-order chi connectivity index (χ0) is 13.7. The maximum Gasteiger partial charge on any atom is 0.127 e. The summed E-state index contributed by atoms with van der Waals surface area (Å²) in [7, 11) is 0. The Bertz CT molecular complexity index is 395. The molecule has 0 aliphatic heterocycles. The molecule has 3 unspecified atom stereocenters. The van der Waals surface area contributed by atoms with Crippen LogP contribution in [0.15, 0.2) is 24.8 Å². The maximum atomic E-state index is 6.13. The van der Waals surface area contributed by atoms with E-state index in [2.05, 4.69) is 59.4 Å². The summed E-state index contributed by atoms with van der Waals surface area (Å²) >= 11 is 0. The standard InChI is InChI=1S/C17H26O/c1-7-13(4)14(5)15(6)18-17-11-12(3)9-10-16(17)8-2/h8-11,13-15H,2,7H2,1,3-6H3. The summed E-state index contributed by atoms with van der Waals surface area (Å²) in [5, 5.41) is 0. The number of benzene rings is 1. The minimum atomic E-state index is 0.223. The minimum Gasteiger partial charge on any atom is -0.490 e. The summed E-state index contributed by atoms with van der Waals surface area (Å²) < 4.78 is 6.13. The topological polar surface area (TPSA) is 9.23 Å². The van der Waals surface area contributed by atoms with Gasteiger partial charge in [-0.1, -0.05) is 52.0 Å². The van der Waals surface area contributed by atoms with Crippen molar-refractivity contribution in [1.29, 1.82) is 0 Å². The summed E-state index contributed by atoms with van der Waals surface area (Å²) in [6, 6.07) is 6.25. The summed E-state index contributed by atoms with van der Waals surface area (Å²) in [5.41, 5.74) is 2.29. The van der Waals surface area contributed by atoms with E-state index in [0.29, 0.717) is 11.8 Å². The van der Waals surface area contributed by atoms with Gasteiger partial charge < -0.3 is 4.74 Å². The largest absolute Gasteiger partial charge is 0.490 e. The van der Waals surface area contributed by atoms with Crippen LogP contribution in [0, 0.1) is 18.8 Å². The Labute approximate surface area is 112 Å². The second kappa shape index (κ2) is 6.63. The second-order valence-corrected chi connectivity index (χ2v) is 5.31. The van der Waals surface area contributed by atoms with Gasteiger partial charge in [0.2, 0.25) is 0 Å². The van der Waals surface area contributed by atoms with Gasteiger partial charge >= 0.3 is 0 Å². The SMILES string of the molecule is C=Cc1ccc(C)cc1OC(C)C(C)C(C)CC. The van der Waals surface area contributed by atoms with Crippen molar-refractivity contribution < 1.29 is 4.74 Å². The molecule has 0 heterocycles. The molecule has 1 heteroatoms. The van der Waals surface area contributed by atoms with Crippen LogP contribution in [0.1, 0.15) is 45.2 Å². The van der Waals surface area contributed by atoms with Crippen molar-refractivity contribution in [2.75, 3.05) is 0 Å². The predicted molar refractivity (Wildman–Crippen MR) is 80.0 cm³/mol. The Morgan fingerprint density at radius 1 is 1.28 bits per heavy atom. The Hall–Kier alpha value is -1.24. The Morgan fingerprint density at radius 2 is 1.94 bits per heavy atom. The number of ether oxygens (including phenoxy) is 1. The molecule has 0 aliphatic rings. The first-order valence-corrected chi connectivity index (χ1v) is 6.89. The third kappa shape index (κ3) is 3.63. The summed E-state index contributed by atoms with van der Waals surface area (Å²) in [6.07, 6.45) is 3.27. The van der Waals surface area contributed by atoms with Crippen molar-refractivity contribution in [3.05, 3.63) is 35.9 Å². The lowest BCUT2D eigenvalue weighted by molar-refractivity contribution is 0.125. The van der Waals surface area contributed by atoms with Crippen molar-refractivity contribution in [3.63, 3.8) is 0 Å². The first kappa shape index (κ1) is 14.8. The average molecular weight is 246 g/mol. The number of rotatable bonds is 6. The molecule has 3 atom stereocenters. The zero-order valence-corrected chi connectivity index (χ0v) is 12.4. The molecule has 0 saturated heterocycles. The predicted octanol–water partition coefficient (Wildman–Crippen LogP) is 5.09. The van der Waals surface area contributed by atoms with Gasteiger partial charge in [0.1, 0.15) is 5.75 Å². The van der Waals surface area contributed by atoms with Crippen LogP contribution in [0.4, 0.5) is 0 Å². The lowest BCUT2D eigenvalue weighted by atomic mass is 9.89. The van der Waals surface area contributed by atoms with Gasteiger partial charge in [-0.25, -0.2) is 0 Å². The fourth-order valence-electron chi connectivity index (χ4n) is 2.05. The Kier molecular flexibility index (Phi) is 5.46. The third-order valence-corrected chi connectivity index (χ3v) is 3.98. The smallest absolute Gasteiger partial charge is 0.127 e. The van der Waals surface area contributed by atoms with Gasteiger partial charge in [0.25, 0.3) is 0 Å². The van der Waals surface area contributed by atoms with E-state index in [1.54, 1.807) is 0 Å². The summed E-state index contributed by atoms with van der Waals surface area (Å²) in [6.45, 7) is 14.9. The normalized spacial score (nSPS) is 15.8. The molecule has 0 aromatic heterocycles. The van der Waals surface area contributed by atoms with E-state index in [0.717, 1.165) is 11.3 Å². The van der Waals surface area contributed by atoms with Crippen LogP contribution in [0.25, 0.3) is 6.08 Å². The molecule has 0 fully saturated rings. The zero-order valence-electron chi connectivity index (χ0n) is 12.4. The molecule has 100 valence electrons. The highest BCUT2D eigenvalue weighted by Gasteiger charge is 2.19. The van der Waals surface area contributed by atoms with Gasteiger partial charge in [-0.2, -0.15) is 0 Å². The van der Waals surface area contributed by atoms with Crippen molar-refractivity contribution in [2.45, 2.75) is 47.1 Å². The van der Waals surface area contributed by atoms with E-state index in [9.17, 15) is 0 Å². The van der Waals surface area contributed by atoms with E-state index in [-0.39, 0.29) is 6.10 Å². The first-order chi connectivity index (χ1) is 8.49. The molecule has 1 rings (SSSR count). The van der Waals surface area contributed by atoms with Crippen LogP contribution in [-0.4, -0.2) is 6.10 Å². The van der Waals surface area contributed by atoms with E-state index in [1.807, 2.05) is 6.08 Å². The van der Waals surface area contributed by atoms with E-state index >= 15 is 0 Å². The fourth-order valence-corrected chi connectivity index (χ4v) is 2.05. The molecule has 1 aromatic rings. The lowest BCUT2D eigenvalue weighted by Crippen LogP contribution is -2.26. The fraction of sp³-hybridized carbons (Fsp3) is 0.529. The molecule has 0 radical (unpaired) electrons. The van der Waals surface area contributed by atoms with Crippen LogP contribution in [0.3, 0.4) is 0 Å². The van der Waals surface area contributed by atoms with Crippen LogP contribution in [0.2, 0.25) is 0 Å². The molecule has 0 N–H and O–H groups in total. The summed E-state index contributed by atoms with van der Waals surface area (Å²) in [4.78, 5) is 0. The van der Waals surface area contributed by atoms with Crippen LogP contribution in [-0.2, 0) is 0 Å². The van der Waals surface area contributed by atoms with Crippen LogP contribution in [0.5, 0.6) is 5.75 Å². The molecular formula is C17H26O.